The van der Waals surface area contributed by atoms with Crippen LogP contribution in [0.1, 0.15) is 44.2 Å². The average molecular weight is 444 g/mol. The van der Waals surface area contributed by atoms with Gasteiger partial charge < -0.3 is 5.32 Å². The van der Waals surface area contributed by atoms with Crippen LogP contribution in [-0.2, 0) is 11.8 Å². The van der Waals surface area contributed by atoms with E-state index in [1.54, 1.807) is 4.68 Å². The molecule has 1 heterocycles. The maximum absolute atomic E-state index is 13.5. The first kappa shape index (κ1) is 18.2. The van der Waals surface area contributed by atoms with E-state index in [2.05, 4.69) is 21.2 Å². The lowest BCUT2D eigenvalue weighted by atomic mass is 9.49. The van der Waals surface area contributed by atoms with Crippen molar-refractivity contribution in [3.8, 4) is 5.69 Å². The molecule has 1 aromatic heterocycles. The van der Waals surface area contributed by atoms with Crippen LogP contribution in [0.3, 0.4) is 0 Å². The van der Waals surface area contributed by atoms with Crippen LogP contribution in [-0.4, -0.2) is 19.6 Å². The molecule has 2 aromatic rings. The summed E-state index contributed by atoms with van der Waals surface area (Å²) >= 11 is 3.97. The number of benzene rings is 1. The summed E-state index contributed by atoms with van der Waals surface area (Å²) in [5.74, 6) is 1.30. The molecule has 4 aliphatic carbocycles. The van der Waals surface area contributed by atoms with Crippen LogP contribution < -0.4 is 10.9 Å². The number of carbonyl (C=O) groups excluding carboxylic acids is 1. The number of nitrogens with one attached hydrogen (secondary N) is 1. The van der Waals surface area contributed by atoms with E-state index in [0.717, 1.165) is 30.6 Å². The lowest BCUT2D eigenvalue weighted by Crippen LogP contribution is -2.57. The van der Waals surface area contributed by atoms with Gasteiger partial charge in [-0.25, -0.2) is 4.68 Å². The molecule has 0 aliphatic heterocycles. The number of nitrogens with zero attached hydrogens (tertiary/aromatic N) is 2. The molecule has 4 fully saturated rings. The summed E-state index contributed by atoms with van der Waals surface area (Å²) < 4.78 is 3.56. The predicted octanol–water partition coefficient (Wildman–Crippen LogP) is 4.16. The zero-order valence-electron chi connectivity index (χ0n) is 16.4. The lowest BCUT2D eigenvalue weighted by molar-refractivity contribution is -0.138. The van der Waals surface area contributed by atoms with Crippen molar-refractivity contribution in [1.82, 2.24) is 9.36 Å². The fourth-order valence-electron chi connectivity index (χ4n) is 6.37. The SMILES string of the molecule is Cc1c(NC(=O)C23C[C@@H]4C[C@@H](CC(Br)(C4)C2)C3)c(=O)n(-c2ccccc2)n1C. The van der Waals surface area contributed by atoms with E-state index in [1.165, 1.54) is 19.3 Å². The monoisotopic (exact) mass is 443 g/mol. The van der Waals surface area contributed by atoms with E-state index in [4.69, 9.17) is 0 Å². The van der Waals surface area contributed by atoms with Gasteiger partial charge in [0.15, 0.2) is 0 Å². The minimum atomic E-state index is -0.333. The summed E-state index contributed by atoms with van der Waals surface area (Å²) in [7, 11) is 1.86. The predicted molar refractivity (Wildman–Crippen MR) is 113 cm³/mol. The van der Waals surface area contributed by atoms with Crippen LogP contribution in [0.2, 0.25) is 0 Å². The number of alkyl halides is 1. The highest BCUT2D eigenvalue weighted by molar-refractivity contribution is 9.10. The molecule has 5 nitrogen and oxygen atoms in total. The van der Waals surface area contributed by atoms with Crippen LogP contribution in [0.15, 0.2) is 35.1 Å². The third-order valence-electron chi connectivity index (χ3n) is 7.26. The Morgan fingerprint density at radius 2 is 1.79 bits per heavy atom. The van der Waals surface area contributed by atoms with E-state index < -0.39 is 0 Å². The summed E-state index contributed by atoms with van der Waals surface area (Å²) in [5.41, 5.74) is 1.49. The van der Waals surface area contributed by atoms with Gasteiger partial charge in [0.2, 0.25) is 5.91 Å². The first-order chi connectivity index (χ1) is 13.3. The number of aromatic nitrogens is 2. The first-order valence-electron chi connectivity index (χ1n) is 10.1. The zero-order chi connectivity index (χ0) is 19.7. The molecule has 28 heavy (non-hydrogen) atoms. The Labute approximate surface area is 173 Å². The molecule has 4 aliphatic rings. The molecule has 0 radical (unpaired) electrons. The molecule has 0 spiro atoms. The van der Waals surface area contributed by atoms with Crippen molar-refractivity contribution >= 4 is 27.5 Å². The van der Waals surface area contributed by atoms with Crippen molar-refractivity contribution < 1.29 is 4.79 Å². The van der Waals surface area contributed by atoms with Gasteiger partial charge in [-0.05, 0) is 69.4 Å². The van der Waals surface area contributed by atoms with Crippen LogP contribution in [0.5, 0.6) is 0 Å². The quantitative estimate of drug-likeness (QED) is 0.723. The Balaban J connectivity index is 1.49. The number of amides is 1. The van der Waals surface area contributed by atoms with Gasteiger partial charge in [0, 0.05) is 11.4 Å². The summed E-state index contributed by atoms with van der Waals surface area (Å²) in [6.45, 7) is 1.89. The van der Waals surface area contributed by atoms with Gasteiger partial charge in [0.25, 0.3) is 5.56 Å². The molecule has 2 unspecified atom stereocenters. The Morgan fingerprint density at radius 1 is 1.14 bits per heavy atom. The first-order valence-corrected chi connectivity index (χ1v) is 10.9. The number of rotatable bonds is 3. The highest BCUT2D eigenvalue weighted by atomic mass is 79.9. The van der Waals surface area contributed by atoms with Crippen molar-refractivity contribution in [3.63, 3.8) is 0 Å². The highest BCUT2D eigenvalue weighted by Crippen LogP contribution is 2.64. The largest absolute Gasteiger partial charge is 0.319 e. The Morgan fingerprint density at radius 3 is 2.39 bits per heavy atom. The van der Waals surface area contributed by atoms with Gasteiger partial charge in [-0.2, -0.15) is 0 Å². The summed E-state index contributed by atoms with van der Waals surface area (Å²) in [5, 5.41) is 3.07. The van der Waals surface area contributed by atoms with Crippen molar-refractivity contribution in [2.24, 2.45) is 24.3 Å². The van der Waals surface area contributed by atoms with Gasteiger partial charge in [0.1, 0.15) is 5.69 Å². The van der Waals surface area contributed by atoms with Crippen LogP contribution in [0.25, 0.3) is 5.69 Å². The average Bonchev–Trinajstić information content (AvgIpc) is 2.84. The number of carbonyl (C=O) groups is 1. The molecule has 1 amide bonds. The van der Waals surface area contributed by atoms with Crippen molar-refractivity contribution in [2.45, 2.75) is 49.8 Å². The summed E-state index contributed by atoms with van der Waals surface area (Å²) in [4.78, 5) is 26.6. The van der Waals surface area contributed by atoms with Crippen molar-refractivity contribution in [1.29, 1.82) is 0 Å². The molecule has 6 rings (SSSR count). The van der Waals surface area contributed by atoms with E-state index >= 15 is 0 Å². The molecule has 6 heteroatoms. The fraction of sp³-hybridized carbons (Fsp3) is 0.545. The van der Waals surface area contributed by atoms with E-state index in [9.17, 15) is 9.59 Å². The summed E-state index contributed by atoms with van der Waals surface area (Å²) in [6, 6.07) is 9.55. The van der Waals surface area contributed by atoms with Crippen molar-refractivity contribution in [2.75, 3.05) is 5.32 Å². The normalized spacial score (nSPS) is 33.2. The maximum Gasteiger partial charge on any atom is 0.295 e. The molecule has 0 saturated heterocycles. The maximum atomic E-state index is 13.5. The molecule has 4 saturated carbocycles. The molecular formula is C22H26BrN3O2. The van der Waals surface area contributed by atoms with Gasteiger partial charge in [-0.15, -0.1) is 0 Å². The number of hydrogen-bond donors (Lipinski definition) is 1. The van der Waals surface area contributed by atoms with Gasteiger partial charge in [-0.3, -0.25) is 14.3 Å². The fourth-order valence-corrected chi connectivity index (χ4v) is 7.83. The van der Waals surface area contributed by atoms with Gasteiger partial charge in [0.05, 0.1) is 16.8 Å². The molecule has 148 valence electrons. The van der Waals surface area contributed by atoms with Gasteiger partial charge >= 0.3 is 0 Å². The van der Waals surface area contributed by atoms with Crippen molar-refractivity contribution in [3.05, 3.63) is 46.4 Å². The topological polar surface area (TPSA) is 56.0 Å². The second-order valence-electron chi connectivity index (χ2n) is 9.28. The standard InChI is InChI=1S/C22H26BrN3O2/c1-14-18(19(27)26(25(14)2)17-6-4-3-5-7-17)24-20(28)21-9-15-8-16(10-21)12-22(23,11-15)13-21/h3-7,15-16H,8-13H2,1-2H3,(H,24,28)/t15-,16+,21?,22?. The van der Waals surface area contributed by atoms with Crippen LogP contribution >= 0.6 is 15.9 Å². The second kappa shape index (κ2) is 6.09. The molecule has 1 N–H and O–H groups in total. The number of para-hydroxylation sites is 1. The Kier molecular flexibility index (Phi) is 3.96. The van der Waals surface area contributed by atoms with E-state index in [-0.39, 0.29) is 21.2 Å². The molecule has 4 bridgehead atoms. The smallest absolute Gasteiger partial charge is 0.295 e. The lowest BCUT2D eigenvalue weighted by Gasteiger charge is -2.59. The zero-order valence-corrected chi connectivity index (χ0v) is 18.0. The summed E-state index contributed by atoms with van der Waals surface area (Å²) in [6.07, 6.45) is 6.43. The van der Waals surface area contributed by atoms with Crippen LogP contribution in [0.4, 0.5) is 5.69 Å². The number of hydrogen-bond acceptors (Lipinski definition) is 2. The molecule has 1 aromatic carbocycles. The Hall–Kier alpha value is -1.82. The van der Waals surface area contributed by atoms with Crippen LogP contribution in [0, 0.1) is 24.2 Å². The number of halogens is 1. The highest BCUT2D eigenvalue weighted by Gasteiger charge is 2.59. The van der Waals surface area contributed by atoms with E-state index in [0.29, 0.717) is 17.5 Å². The second-order valence-corrected chi connectivity index (χ2v) is 11.0. The number of anilines is 1. The van der Waals surface area contributed by atoms with Gasteiger partial charge in [-0.1, -0.05) is 34.1 Å². The Bertz CT molecular complexity index is 993. The minimum absolute atomic E-state index is 0.0384. The minimum Gasteiger partial charge on any atom is -0.319 e. The molecule has 4 atom stereocenters. The third kappa shape index (κ3) is 2.64. The third-order valence-corrected chi connectivity index (χ3v) is 8.19. The molecular weight excluding hydrogens is 418 g/mol. The van der Waals surface area contributed by atoms with E-state index in [1.807, 2.05) is 49.0 Å².